The molecule has 0 bridgehead atoms. The number of hydrogen-bond donors (Lipinski definition) is 0. The summed E-state index contributed by atoms with van der Waals surface area (Å²) in [4.78, 5) is 4.93. The van der Waals surface area contributed by atoms with Crippen molar-refractivity contribution in [3.8, 4) is 55.9 Å². The van der Waals surface area contributed by atoms with Crippen molar-refractivity contribution in [3.63, 3.8) is 0 Å². The van der Waals surface area contributed by atoms with Gasteiger partial charge in [0.25, 0.3) is 0 Å². The van der Waals surface area contributed by atoms with Crippen molar-refractivity contribution in [2.75, 3.05) is 0 Å². The molecule has 0 radical (unpaired) electrons. The van der Waals surface area contributed by atoms with Crippen LogP contribution in [0.25, 0.3) is 132 Å². The second-order valence-corrected chi connectivity index (χ2v) is 17.9. The van der Waals surface area contributed by atoms with E-state index in [1.54, 1.807) is 0 Å². The minimum Gasteiger partial charge on any atom is -0.309 e. The third-order valence-electron chi connectivity index (χ3n) is 14.1. The van der Waals surface area contributed by atoms with Gasteiger partial charge in [0.15, 0.2) is 0 Å². The molecule has 0 N–H and O–H groups in total. The maximum Gasteiger partial charge on any atom is 0.0541 e. The van der Waals surface area contributed by atoms with Gasteiger partial charge in [0.2, 0.25) is 0 Å². The molecule has 3 heteroatoms. The normalized spacial score (nSPS) is 11.8. The van der Waals surface area contributed by atoms with Gasteiger partial charge in [-0.2, -0.15) is 0 Å². The Bertz CT molecular complexity index is 4020. The van der Waals surface area contributed by atoms with E-state index >= 15 is 0 Å². The van der Waals surface area contributed by atoms with E-state index < -0.39 is 0 Å². The molecule has 316 valence electrons. The molecule has 0 saturated carbocycles. The quantitative estimate of drug-likeness (QED) is 0.153. The summed E-state index contributed by atoms with van der Waals surface area (Å²) in [6.07, 6.45) is 4.02. The molecule has 0 amide bonds. The van der Waals surface area contributed by atoms with E-state index in [4.69, 9.17) is 4.98 Å². The van der Waals surface area contributed by atoms with Crippen molar-refractivity contribution in [1.29, 1.82) is 0 Å². The first-order chi connectivity index (χ1) is 33.7. The molecule has 68 heavy (non-hydrogen) atoms. The van der Waals surface area contributed by atoms with Crippen LogP contribution in [-0.2, 0) is 0 Å². The van der Waals surface area contributed by atoms with Gasteiger partial charge in [0.05, 0.1) is 22.1 Å². The Morgan fingerprint density at radius 3 is 1.13 bits per heavy atom. The molecule has 14 rings (SSSR count). The van der Waals surface area contributed by atoms with Crippen molar-refractivity contribution in [2.24, 2.45) is 0 Å². The molecule has 0 aliphatic heterocycles. The molecule has 0 saturated heterocycles. The van der Waals surface area contributed by atoms with Gasteiger partial charge < -0.3 is 9.13 Å². The topological polar surface area (TPSA) is 22.8 Å². The van der Waals surface area contributed by atoms with Gasteiger partial charge in [-0.3, -0.25) is 4.98 Å². The zero-order chi connectivity index (χ0) is 44.7. The molecule has 0 spiro atoms. The van der Waals surface area contributed by atoms with Gasteiger partial charge in [-0.25, -0.2) is 0 Å². The summed E-state index contributed by atoms with van der Waals surface area (Å²) >= 11 is 0. The van der Waals surface area contributed by atoms with Crippen LogP contribution in [0.2, 0.25) is 0 Å². The number of rotatable bonds is 6. The highest BCUT2D eigenvalue weighted by molar-refractivity contribution is 6.23. The lowest BCUT2D eigenvalue weighted by atomic mass is 9.85. The smallest absolute Gasteiger partial charge is 0.0541 e. The van der Waals surface area contributed by atoms with E-state index in [9.17, 15) is 0 Å². The van der Waals surface area contributed by atoms with E-state index in [-0.39, 0.29) is 0 Å². The molecule has 0 aliphatic rings. The third kappa shape index (κ3) is 5.89. The van der Waals surface area contributed by atoms with E-state index in [0.29, 0.717) is 0 Å². The average molecular weight is 864 g/mol. The van der Waals surface area contributed by atoms with Crippen LogP contribution in [0, 0.1) is 0 Å². The number of benzene rings is 11. The SMILES string of the molecule is c1ccc2c(-c3c4ccccc4c(-c4cncc(-c5ccc(-c6cc(-n7c8ccccc8c8ccccc87)cc(-n7c8ccccc8c8ccccc87)c6)cc5)c4)c4ccccc34)cccc2c1. The highest BCUT2D eigenvalue weighted by Gasteiger charge is 2.20. The molecule has 3 heterocycles. The van der Waals surface area contributed by atoms with Gasteiger partial charge in [-0.1, -0.05) is 188 Å². The molecular weight excluding hydrogens is 823 g/mol. The summed E-state index contributed by atoms with van der Waals surface area (Å²) in [5, 5.41) is 12.4. The molecule has 3 aromatic heterocycles. The Labute approximate surface area is 393 Å². The maximum absolute atomic E-state index is 4.93. The summed E-state index contributed by atoms with van der Waals surface area (Å²) in [6.45, 7) is 0. The Kier molecular flexibility index (Phi) is 8.59. The van der Waals surface area contributed by atoms with Crippen LogP contribution in [0.5, 0.6) is 0 Å². The van der Waals surface area contributed by atoms with E-state index in [1.807, 2.05) is 12.4 Å². The van der Waals surface area contributed by atoms with E-state index in [0.717, 1.165) is 39.2 Å². The molecule has 0 unspecified atom stereocenters. The van der Waals surface area contributed by atoms with Crippen LogP contribution >= 0.6 is 0 Å². The van der Waals surface area contributed by atoms with Gasteiger partial charge >= 0.3 is 0 Å². The monoisotopic (exact) mass is 863 g/mol. The molecule has 0 atom stereocenters. The fraction of sp³-hybridized carbons (Fsp3) is 0. The lowest BCUT2D eigenvalue weighted by Gasteiger charge is -2.19. The van der Waals surface area contributed by atoms with E-state index in [2.05, 4.69) is 246 Å². The Morgan fingerprint density at radius 1 is 0.250 bits per heavy atom. The first-order valence-electron chi connectivity index (χ1n) is 23.4. The van der Waals surface area contributed by atoms with Crippen molar-refractivity contribution >= 4 is 75.9 Å². The molecule has 3 nitrogen and oxygen atoms in total. The summed E-state index contributed by atoms with van der Waals surface area (Å²) in [6, 6.07) is 86.6. The first kappa shape index (κ1) is 38.2. The van der Waals surface area contributed by atoms with Crippen LogP contribution in [0.3, 0.4) is 0 Å². The minimum absolute atomic E-state index is 1.07. The predicted molar refractivity (Wildman–Crippen MR) is 287 cm³/mol. The zero-order valence-corrected chi connectivity index (χ0v) is 37.0. The van der Waals surface area contributed by atoms with Gasteiger partial charge in [0.1, 0.15) is 0 Å². The Balaban J connectivity index is 0.923. The summed E-state index contributed by atoms with van der Waals surface area (Å²) in [5.74, 6) is 0. The van der Waals surface area contributed by atoms with Crippen LogP contribution in [0.1, 0.15) is 0 Å². The standard InChI is InChI=1S/C65H41N3/c1-2-18-50-44(16-1)17-15-27-55(50)65-58-25-5-3-23-56(58)64(57-24-4-6-26-59(57)65)47-36-46(40-66-41-47)43-34-32-42(33-35-43)45-37-48(67-60-28-11-7-19-51(60)52-20-8-12-29-61(52)67)39-49(38-45)68-62-30-13-9-21-53(62)54-22-10-14-31-63(54)68/h1-41H. The number of para-hydroxylation sites is 4. The van der Waals surface area contributed by atoms with Gasteiger partial charge in [-0.15, -0.1) is 0 Å². The summed E-state index contributed by atoms with van der Waals surface area (Å²) < 4.78 is 4.86. The maximum atomic E-state index is 4.93. The number of pyridine rings is 1. The number of fused-ring (bicyclic) bond motifs is 9. The lowest BCUT2D eigenvalue weighted by Crippen LogP contribution is -2.00. The predicted octanol–water partition coefficient (Wildman–Crippen LogP) is 17.4. The van der Waals surface area contributed by atoms with Crippen molar-refractivity contribution in [2.45, 2.75) is 0 Å². The van der Waals surface area contributed by atoms with Gasteiger partial charge in [0, 0.05) is 56.4 Å². The lowest BCUT2D eigenvalue weighted by molar-refractivity contribution is 1.13. The average Bonchev–Trinajstić information content (AvgIpc) is 3.93. The molecule has 0 aliphatic carbocycles. The number of nitrogens with zero attached hydrogens (tertiary/aromatic N) is 3. The third-order valence-corrected chi connectivity index (χ3v) is 14.1. The van der Waals surface area contributed by atoms with Crippen LogP contribution < -0.4 is 0 Å². The van der Waals surface area contributed by atoms with Crippen molar-refractivity contribution in [3.05, 3.63) is 249 Å². The van der Waals surface area contributed by atoms with E-state index in [1.165, 1.54) is 92.6 Å². The number of hydrogen-bond acceptors (Lipinski definition) is 1. The summed E-state index contributed by atoms with van der Waals surface area (Å²) in [7, 11) is 0. The Morgan fingerprint density at radius 2 is 0.632 bits per heavy atom. The van der Waals surface area contributed by atoms with Crippen LogP contribution in [0.15, 0.2) is 249 Å². The van der Waals surface area contributed by atoms with Crippen molar-refractivity contribution in [1.82, 2.24) is 14.1 Å². The van der Waals surface area contributed by atoms with Gasteiger partial charge in [-0.05, 0) is 114 Å². The zero-order valence-electron chi connectivity index (χ0n) is 37.0. The van der Waals surface area contributed by atoms with Crippen LogP contribution in [-0.4, -0.2) is 14.1 Å². The summed E-state index contributed by atoms with van der Waals surface area (Å²) in [5.41, 5.74) is 16.3. The fourth-order valence-corrected chi connectivity index (χ4v) is 11.2. The van der Waals surface area contributed by atoms with Crippen molar-refractivity contribution < 1.29 is 0 Å². The second-order valence-electron chi connectivity index (χ2n) is 17.9. The molecule has 14 aromatic rings. The first-order valence-corrected chi connectivity index (χ1v) is 23.4. The highest BCUT2D eigenvalue weighted by Crippen LogP contribution is 2.46. The molecular formula is C65H41N3. The number of aromatic nitrogens is 3. The molecule has 11 aromatic carbocycles. The highest BCUT2D eigenvalue weighted by atomic mass is 15.0. The second kappa shape index (κ2) is 15.3. The minimum atomic E-state index is 1.07. The molecule has 0 fully saturated rings. The van der Waals surface area contributed by atoms with Crippen LogP contribution in [0.4, 0.5) is 0 Å². The fourth-order valence-electron chi connectivity index (χ4n) is 11.2. The largest absolute Gasteiger partial charge is 0.309 e. The Hall–Kier alpha value is -9.05.